The van der Waals surface area contributed by atoms with Crippen LogP contribution in [0.15, 0.2) is 53.9 Å². The molecular formula is C20H20N4O3S. The van der Waals surface area contributed by atoms with Crippen molar-refractivity contribution in [3.05, 3.63) is 53.8 Å². The largest absolute Gasteiger partial charge is 0.440 e. The van der Waals surface area contributed by atoms with Gasteiger partial charge in [0.15, 0.2) is 11.5 Å². The molecular weight excluding hydrogens is 376 g/mol. The fourth-order valence-electron chi connectivity index (χ4n) is 2.33. The van der Waals surface area contributed by atoms with Crippen LogP contribution in [0.5, 0.6) is 0 Å². The zero-order chi connectivity index (χ0) is 20.3. The van der Waals surface area contributed by atoms with Gasteiger partial charge in [0.25, 0.3) is 0 Å². The van der Waals surface area contributed by atoms with Crippen LogP contribution in [-0.4, -0.2) is 34.6 Å². The molecule has 1 aromatic carbocycles. The summed E-state index contributed by atoms with van der Waals surface area (Å²) < 4.78 is 0.923. The standard InChI is InChI=1S/C20H20N4O3S/c1-20(2,3)17(25)16(18-22-14-7-5-6-8-15(14)28-18)23-27-19(26)24(4)13-9-11-21-12-10-13/h5-12H,1-4H3. The van der Waals surface area contributed by atoms with E-state index in [2.05, 4.69) is 15.1 Å². The molecule has 144 valence electrons. The Labute approximate surface area is 166 Å². The first-order valence-electron chi connectivity index (χ1n) is 8.61. The summed E-state index contributed by atoms with van der Waals surface area (Å²) in [7, 11) is 1.55. The quantitative estimate of drug-likeness (QED) is 0.373. The van der Waals surface area contributed by atoms with Crippen molar-refractivity contribution in [2.24, 2.45) is 10.6 Å². The summed E-state index contributed by atoms with van der Waals surface area (Å²) in [5, 5.41) is 4.33. The number of amides is 1. The molecule has 0 aliphatic carbocycles. The highest BCUT2D eigenvalue weighted by atomic mass is 32.1. The van der Waals surface area contributed by atoms with E-state index in [0.29, 0.717) is 10.7 Å². The number of pyridine rings is 1. The molecule has 0 unspecified atom stereocenters. The van der Waals surface area contributed by atoms with Gasteiger partial charge in [0.2, 0.25) is 0 Å². The van der Waals surface area contributed by atoms with Crippen LogP contribution in [0.2, 0.25) is 0 Å². The topological polar surface area (TPSA) is 84.8 Å². The van der Waals surface area contributed by atoms with E-state index in [0.717, 1.165) is 10.2 Å². The third-order valence-corrected chi connectivity index (χ3v) is 4.97. The lowest BCUT2D eigenvalue weighted by molar-refractivity contribution is -0.119. The number of carbonyl (C=O) groups is 2. The number of oxime groups is 1. The van der Waals surface area contributed by atoms with Gasteiger partial charge in [0.1, 0.15) is 5.01 Å². The lowest BCUT2D eigenvalue weighted by Crippen LogP contribution is -2.31. The van der Waals surface area contributed by atoms with Gasteiger partial charge in [-0.2, -0.15) is 0 Å². The maximum absolute atomic E-state index is 12.9. The summed E-state index contributed by atoms with van der Waals surface area (Å²) in [6, 6.07) is 10.9. The third-order valence-electron chi connectivity index (χ3n) is 3.93. The second-order valence-corrected chi connectivity index (χ2v) is 8.16. The van der Waals surface area contributed by atoms with Crippen molar-refractivity contribution in [3.63, 3.8) is 0 Å². The highest BCUT2D eigenvalue weighted by Gasteiger charge is 2.30. The van der Waals surface area contributed by atoms with E-state index in [1.54, 1.807) is 52.3 Å². The van der Waals surface area contributed by atoms with Crippen molar-refractivity contribution in [3.8, 4) is 0 Å². The van der Waals surface area contributed by atoms with Crippen molar-refractivity contribution in [2.45, 2.75) is 20.8 Å². The Bertz CT molecular complexity index is 1010. The summed E-state index contributed by atoms with van der Waals surface area (Å²) in [6.07, 6.45) is 2.42. The molecule has 0 N–H and O–H groups in total. The van der Waals surface area contributed by atoms with Crippen LogP contribution in [0.4, 0.5) is 10.5 Å². The second kappa shape index (κ2) is 7.85. The van der Waals surface area contributed by atoms with Crippen molar-refractivity contribution >= 4 is 44.8 Å². The highest BCUT2D eigenvalue weighted by Crippen LogP contribution is 2.26. The number of fused-ring (bicyclic) bond motifs is 1. The zero-order valence-electron chi connectivity index (χ0n) is 16.0. The van der Waals surface area contributed by atoms with Crippen molar-refractivity contribution < 1.29 is 14.4 Å². The van der Waals surface area contributed by atoms with Gasteiger partial charge in [0.05, 0.1) is 10.2 Å². The second-order valence-electron chi connectivity index (χ2n) is 7.13. The van der Waals surface area contributed by atoms with Crippen LogP contribution in [-0.2, 0) is 9.63 Å². The van der Waals surface area contributed by atoms with Crippen molar-refractivity contribution in [2.75, 3.05) is 11.9 Å². The van der Waals surface area contributed by atoms with E-state index in [4.69, 9.17) is 4.84 Å². The van der Waals surface area contributed by atoms with Crippen LogP contribution in [0.25, 0.3) is 10.2 Å². The van der Waals surface area contributed by atoms with Crippen LogP contribution >= 0.6 is 11.3 Å². The number of para-hydroxylation sites is 1. The molecule has 28 heavy (non-hydrogen) atoms. The predicted octanol–water partition coefficient (Wildman–Crippen LogP) is 4.28. The number of thiazole rings is 1. The molecule has 7 nitrogen and oxygen atoms in total. The minimum Gasteiger partial charge on any atom is -0.297 e. The Morgan fingerprint density at radius 1 is 1.11 bits per heavy atom. The van der Waals surface area contributed by atoms with E-state index >= 15 is 0 Å². The smallest absolute Gasteiger partial charge is 0.297 e. The lowest BCUT2D eigenvalue weighted by Gasteiger charge is -2.17. The maximum atomic E-state index is 12.9. The summed E-state index contributed by atoms with van der Waals surface area (Å²) in [5.41, 5.74) is 0.682. The molecule has 0 spiro atoms. The fourth-order valence-corrected chi connectivity index (χ4v) is 3.27. The molecule has 0 bridgehead atoms. The Balaban J connectivity index is 1.92. The SMILES string of the molecule is CN(C(=O)ON=C(C(=O)C(C)(C)C)c1nc2ccccc2s1)c1ccncc1. The molecule has 0 fully saturated rings. The first-order chi connectivity index (χ1) is 13.3. The average Bonchev–Trinajstić information content (AvgIpc) is 3.11. The van der Waals surface area contributed by atoms with Crippen LogP contribution in [0.3, 0.4) is 0 Å². The number of benzene rings is 1. The molecule has 0 radical (unpaired) electrons. The third kappa shape index (κ3) is 4.23. The number of hydrogen-bond donors (Lipinski definition) is 0. The Hall–Kier alpha value is -3.13. The number of anilines is 1. The molecule has 2 heterocycles. The fraction of sp³-hybridized carbons (Fsp3) is 0.250. The molecule has 0 aliphatic rings. The molecule has 2 aromatic heterocycles. The number of ketones is 1. The maximum Gasteiger partial charge on any atom is 0.440 e. The van der Waals surface area contributed by atoms with Gasteiger partial charge in [0, 0.05) is 30.5 Å². The van der Waals surface area contributed by atoms with E-state index in [1.165, 1.54) is 16.2 Å². The van der Waals surface area contributed by atoms with Gasteiger partial charge in [-0.25, -0.2) is 9.78 Å². The molecule has 0 saturated heterocycles. The Morgan fingerprint density at radius 3 is 2.43 bits per heavy atom. The molecule has 3 aromatic rings. The molecule has 0 aliphatic heterocycles. The van der Waals surface area contributed by atoms with Crippen LogP contribution in [0, 0.1) is 5.41 Å². The average molecular weight is 396 g/mol. The Morgan fingerprint density at radius 2 is 1.79 bits per heavy atom. The van der Waals surface area contributed by atoms with E-state index < -0.39 is 11.5 Å². The van der Waals surface area contributed by atoms with Gasteiger partial charge in [-0.1, -0.05) is 38.1 Å². The molecule has 0 atom stereocenters. The van der Waals surface area contributed by atoms with Gasteiger partial charge in [-0.05, 0) is 24.3 Å². The van der Waals surface area contributed by atoms with Crippen molar-refractivity contribution in [1.82, 2.24) is 9.97 Å². The lowest BCUT2D eigenvalue weighted by atomic mass is 9.88. The summed E-state index contributed by atoms with van der Waals surface area (Å²) in [6.45, 7) is 5.34. The van der Waals surface area contributed by atoms with E-state index in [9.17, 15) is 9.59 Å². The normalized spacial score (nSPS) is 12.1. The summed E-state index contributed by atoms with van der Waals surface area (Å²) in [5.74, 6) is -0.258. The van der Waals surface area contributed by atoms with E-state index in [-0.39, 0.29) is 11.5 Å². The number of rotatable bonds is 4. The van der Waals surface area contributed by atoms with Crippen molar-refractivity contribution in [1.29, 1.82) is 0 Å². The number of hydrogen-bond acceptors (Lipinski definition) is 7. The highest BCUT2D eigenvalue weighted by molar-refractivity contribution is 7.21. The number of aromatic nitrogens is 2. The monoisotopic (exact) mass is 396 g/mol. The Kier molecular flexibility index (Phi) is 5.51. The van der Waals surface area contributed by atoms with E-state index in [1.807, 2.05) is 24.3 Å². The first-order valence-corrected chi connectivity index (χ1v) is 9.42. The van der Waals surface area contributed by atoms with Gasteiger partial charge in [-0.15, -0.1) is 11.3 Å². The summed E-state index contributed by atoms with van der Waals surface area (Å²) in [4.78, 5) is 40.1. The summed E-state index contributed by atoms with van der Waals surface area (Å²) >= 11 is 1.33. The predicted molar refractivity (Wildman–Crippen MR) is 110 cm³/mol. The minimum absolute atomic E-state index is 0.0326. The molecule has 0 saturated carbocycles. The number of Topliss-reactive ketones (excluding diaryl/α,β-unsaturated/α-hetero) is 1. The molecule has 3 rings (SSSR count). The first kappa shape index (κ1) is 19.6. The van der Waals surface area contributed by atoms with Gasteiger partial charge >= 0.3 is 6.09 Å². The van der Waals surface area contributed by atoms with Gasteiger partial charge < -0.3 is 0 Å². The van der Waals surface area contributed by atoms with Crippen LogP contribution < -0.4 is 4.90 Å². The molecule has 1 amide bonds. The number of carbonyl (C=O) groups excluding carboxylic acids is 2. The number of nitrogens with zero attached hydrogens (tertiary/aromatic N) is 4. The van der Waals surface area contributed by atoms with Gasteiger partial charge in [-0.3, -0.25) is 19.5 Å². The zero-order valence-corrected chi connectivity index (χ0v) is 16.9. The van der Waals surface area contributed by atoms with Crippen LogP contribution in [0.1, 0.15) is 25.8 Å². The molecule has 8 heteroatoms. The minimum atomic E-state index is -0.716.